The van der Waals surface area contributed by atoms with Crippen LogP contribution in [-0.2, 0) is 0 Å². The maximum atomic E-state index is 3.64. The summed E-state index contributed by atoms with van der Waals surface area (Å²) in [6.45, 7) is 10.3. The highest BCUT2D eigenvalue weighted by Gasteiger charge is 2.25. The maximum Gasteiger partial charge on any atom is 0.00506 e. The summed E-state index contributed by atoms with van der Waals surface area (Å²) in [5.74, 6) is 0. The van der Waals surface area contributed by atoms with E-state index in [1.165, 1.54) is 45.1 Å². The van der Waals surface area contributed by atoms with E-state index >= 15 is 0 Å². The quantitative estimate of drug-likeness (QED) is 0.652. The highest BCUT2D eigenvalue weighted by Crippen LogP contribution is 2.34. The van der Waals surface area contributed by atoms with E-state index in [1.54, 1.807) is 0 Å². The van der Waals surface area contributed by atoms with Gasteiger partial charge in [-0.05, 0) is 44.7 Å². The summed E-state index contributed by atoms with van der Waals surface area (Å²) in [7, 11) is 0. The van der Waals surface area contributed by atoms with Crippen molar-refractivity contribution in [3.63, 3.8) is 0 Å². The van der Waals surface area contributed by atoms with Crippen LogP contribution in [0.4, 0.5) is 0 Å². The first kappa shape index (κ1) is 14.0. The fourth-order valence-corrected chi connectivity index (χ4v) is 2.74. The molecule has 96 valence electrons. The van der Waals surface area contributed by atoms with Crippen molar-refractivity contribution < 1.29 is 0 Å². The summed E-state index contributed by atoms with van der Waals surface area (Å²) in [6, 6.07) is 0.650. The van der Waals surface area contributed by atoms with Crippen molar-refractivity contribution in [3.05, 3.63) is 0 Å². The molecule has 1 saturated carbocycles. The van der Waals surface area contributed by atoms with Gasteiger partial charge in [-0.1, -0.05) is 33.1 Å². The van der Waals surface area contributed by atoms with Gasteiger partial charge in [-0.3, -0.25) is 0 Å². The van der Waals surface area contributed by atoms with E-state index in [2.05, 4.69) is 31.4 Å². The van der Waals surface area contributed by atoms with E-state index < -0.39 is 0 Å². The lowest BCUT2D eigenvalue weighted by Crippen LogP contribution is -2.36. The van der Waals surface area contributed by atoms with Crippen LogP contribution >= 0.6 is 0 Å². The van der Waals surface area contributed by atoms with Crippen LogP contribution in [-0.4, -0.2) is 25.7 Å². The highest BCUT2D eigenvalue weighted by atomic mass is 14.9. The lowest BCUT2D eigenvalue weighted by Gasteiger charge is -2.34. The van der Waals surface area contributed by atoms with Gasteiger partial charge in [-0.15, -0.1) is 0 Å². The lowest BCUT2D eigenvalue weighted by molar-refractivity contribution is 0.207. The zero-order chi connectivity index (χ0) is 11.9. The maximum absolute atomic E-state index is 3.64. The minimum absolute atomic E-state index is 0.583. The normalized spacial score (nSPS) is 21.9. The van der Waals surface area contributed by atoms with E-state index in [-0.39, 0.29) is 0 Å². The lowest BCUT2D eigenvalue weighted by atomic mass is 9.76. The molecule has 16 heavy (non-hydrogen) atoms. The Morgan fingerprint density at radius 1 is 1.19 bits per heavy atom. The van der Waals surface area contributed by atoms with Crippen molar-refractivity contribution in [2.45, 2.75) is 65.3 Å². The van der Waals surface area contributed by atoms with E-state index in [0.29, 0.717) is 11.5 Å². The third-order valence-electron chi connectivity index (χ3n) is 3.92. The zero-order valence-electron chi connectivity index (χ0n) is 11.4. The Labute approximate surface area is 102 Å². The van der Waals surface area contributed by atoms with Crippen LogP contribution in [0.2, 0.25) is 0 Å². The molecule has 2 N–H and O–H groups in total. The standard InChI is InChI=1S/C14H30N2/c1-4-16-13(2)8-11-15-12-14(3)9-6-5-7-10-14/h13,15-16H,4-12H2,1-3H3. The SMILES string of the molecule is CCNC(C)CCNCC1(C)CCCCC1. The molecule has 1 fully saturated rings. The molecule has 0 bridgehead atoms. The van der Waals surface area contributed by atoms with Gasteiger partial charge in [0.25, 0.3) is 0 Å². The molecule has 1 rings (SSSR count). The second-order valence-electron chi connectivity index (χ2n) is 5.80. The van der Waals surface area contributed by atoms with Crippen molar-refractivity contribution >= 4 is 0 Å². The summed E-state index contributed by atoms with van der Waals surface area (Å²) in [5, 5.41) is 7.10. The predicted molar refractivity (Wildman–Crippen MR) is 71.8 cm³/mol. The van der Waals surface area contributed by atoms with Crippen LogP contribution in [0.3, 0.4) is 0 Å². The highest BCUT2D eigenvalue weighted by molar-refractivity contribution is 4.80. The van der Waals surface area contributed by atoms with Crippen LogP contribution in [0, 0.1) is 5.41 Å². The molecule has 0 aromatic carbocycles. The molecule has 0 radical (unpaired) electrons. The number of hydrogen-bond acceptors (Lipinski definition) is 2. The van der Waals surface area contributed by atoms with E-state index in [9.17, 15) is 0 Å². The Morgan fingerprint density at radius 3 is 2.50 bits per heavy atom. The molecular weight excluding hydrogens is 196 g/mol. The van der Waals surface area contributed by atoms with Gasteiger partial charge in [0.15, 0.2) is 0 Å². The molecule has 2 nitrogen and oxygen atoms in total. The van der Waals surface area contributed by atoms with Gasteiger partial charge in [0.05, 0.1) is 0 Å². The first-order valence-electron chi connectivity index (χ1n) is 7.10. The van der Waals surface area contributed by atoms with Gasteiger partial charge < -0.3 is 10.6 Å². The minimum atomic E-state index is 0.583. The average molecular weight is 226 g/mol. The van der Waals surface area contributed by atoms with Crippen molar-refractivity contribution in [1.82, 2.24) is 10.6 Å². The summed E-state index contributed by atoms with van der Waals surface area (Å²) in [6.07, 6.45) is 8.40. The Kier molecular flexibility index (Phi) is 6.37. The molecule has 0 spiro atoms. The number of nitrogens with one attached hydrogen (secondary N) is 2. The van der Waals surface area contributed by atoms with E-state index in [4.69, 9.17) is 0 Å². The van der Waals surface area contributed by atoms with Crippen LogP contribution in [0.15, 0.2) is 0 Å². The zero-order valence-corrected chi connectivity index (χ0v) is 11.4. The minimum Gasteiger partial charge on any atom is -0.316 e. The fraction of sp³-hybridized carbons (Fsp3) is 1.00. The summed E-state index contributed by atoms with van der Waals surface area (Å²) in [4.78, 5) is 0. The Bertz CT molecular complexity index is 174. The van der Waals surface area contributed by atoms with Gasteiger partial charge in [-0.25, -0.2) is 0 Å². The van der Waals surface area contributed by atoms with Gasteiger partial charge in [0.1, 0.15) is 0 Å². The Balaban J connectivity index is 2.05. The van der Waals surface area contributed by atoms with Crippen molar-refractivity contribution in [1.29, 1.82) is 0 Å². The third-order valence-corrected chi connectivity index (χ3v) is 3.92. The Morgan fingerprint density at radius 2 is 1.88 bits per heavy atom. The Hall–Kier alpha value is -0.0800. The molecule has 1 atom stereocenters. The summed E-state index contributed by atoms with van der Waals surface area (Å²) < 4.78 is 0. The topological polar surface area (TPSA) is 24.1 Å². The molecule has 0 amide bonds. The summed E-state index contributed by atoms with van der Waals surface area (Å²) >= 11 is 0. The molecule has 0 aromatic rings. The fourth-order valence-electron chi connectivity index (χ4n) is 2.74. The molecule has 0 heterocycles. The van der Waals surface area contributed by atoms with E-state index in [0.717, 1.165) is 13.1 Å². The van der Waals surface area contributed by atoms with Crippen molar-refractivity contribution in [3.8, 4) is 0 Å². The van der Waals surface area contributed by atoms with Gasteiger partial charge in [0, 0.05) is 12.6 Å². The molecule has 2 heteroatoms. The van der Waals surface area contributed by atoms with Gasteiger partial charge >= 0.3 is 0 Å². The average Bonchev–Trinajstić information content (AvgIpc) is 2.26. The number of rotatable bonds is 7. The van der Waals surface area contributed by atoms with E-state index in [1.807, 2.05) is 0 Å². The second kappa shape index (κ2) is 7.29. The molecule has 0 aliphatic heterocycles. The summed E-state index contributed by atoms with van der Waals surface area (Å²) in [5.41, 5.74) is 0.583. The monoisotopic (exact) mass is 226 g/mol. The van der Waals surface area contributed by atoms with Gasteiger partial charge in [-0.2, -0.15) is 0 Å². The molecule has 1 unspecified atom stereocenters. The first-order valence-corrected chi connectivity index (χ1v) is 7.10. The van der Waals surface area contributed by atoms with Crippen LogP contribution in [0.1, 0.15) is 59.3 Å². The van der Waals surface area contributed by atoms with Crippen molar-refractivity contribution in [2.75, 3.05) is 19.6 Å². The molecule has 1 aliphatic rings. The van der Waals surface area contributed by atoms with Crippen LogP contribution in [0.25, 0.3) is 0 Å². The third kappa shape index (κ3) is 5.31. The van der Waals surface area contributed by atoms with Crippen molar-refractivity contribution in [2.24, 2.45) is 5.41 Å². The number of hydrogen-bond donors (Lipinski definition) is 2. The predicted octanol–water partition coefficient (Wildman–Crippen LogP) is 2.93. The molecule has 1 aliphatic carbocycles. The molecule has 0 aromatic heterocycles. The smallest absolute Gasteiger partial charge is 0.00506 e. The second-order valence-corrected chi connectivity index (χ2v) is 5.80. The van der Waals surface area contributed by atoms with Crippen LogP contribution < -0.4 is 10.6 Å². The molecular formula is C14H30N2. The van der Waals surface area contributed by atoms with Gasteiger partial charge in [0.2, 0.25) is 0 Å². The first-order chi connectivity index (χ1) is 7.66. The largest absolute Gasteiger partial charge is 0.316 e. The molecule has 0 saturated heterocycles. The van der Waals surface area contributed by atoms with Crippen LogP contribution in [0.5, 0.6) is 0 Å².